The third-order valence-corrected chi connectivity index (χ3v) is 3.18. The van der Waals surface area contributed by atoms with Gasteiger partial charge in [-0.25, -0.2) is 4.39 Å². The number of nitrogens with one attached hydrogen (secondary N) is 1. The fourth-order valence-corrected chi connectivity index (χ4v) is 2.01. The first-order valence-corrected chi connectivity index (χ1v) is 6.34. The van der Waals surface area contributed by atoms with Gasteiger partial charge in [0.25, 0.3) is 5.91 Å². The van der Waals surface area contributed by atoms with Gasteiger partial charge in [-0.2, -0.15) is 10.2 Å². The van der Waals surface area contributed by atoms with E-state index < -0.39 is 0 Å². The summed E-state index contributed by atoms with van der Waals surface area (Å²) in [4.78, 5) is 12.1. The molecule has 0 bridgehead atoms. The van der Waals surface area contributed by atoms with Gasteiger partial charge in [-0.1, -0.05) is 0 Å². The number of anilines is 1. The lowest BCUT2D eigenvalue weighted by Crippen LogP contribution is -2.15. The highest BCUT2D eigenvalue weighted by Gasteiger charge is 2.13. The van der Waals surface area contributed by atoms with Crippen LogP contribution in [0.3, 0.4) is 0 Å². The van der Waals surface area contributed by atoms with E-state index >= 15 is 0 Å². The van der Waals surface area contributed by atoms with Crippen LogP contribution in [0.4, 0.5) is 10.1 Å². The van der Waals surface area contributed by atoms with Crippen LogP contribution in [0.5, 0.6) is 0 Å². The number of hydrogen-bond donors (Lipinski definition) is 1. The van der Waals surface area contributed by atoms with Gasteiger partial charge in [0.05, 0.1) is 22.6 Å². The van der Waals surface area contributed by atoms with Crippen LogP contribution in [0.2, 0.25) is 0 Å². The van der Waals surface area contributed by atoms with Gasteiger partial charge >= 0.3 is 0 Å². The van der Waals surface area contributed by atoms with E-state index in [0.717, 1.165) is 0 Å². The SMILES string of the molecule is Cc1cc(C(=O)Nc2ccc(F)cc2Br)c(C)nn1. The van der Waals surface area contributed by atoms with Crippen molar-refractivity contribution in [2.45, 2.75) is 13.8 Å². The molecule has 0 aliphatic rings. The molecule has 0 unspecified atom stereocenters. The molecular formula is C13H11BrFN3O. The molecule has 1 aromatic carbocycles. The van der Waals surface area contributed by atoms with Gasteiger partial charge in [0.1, 0.15) is 5.82 Å². The molecule has 6 heteroatoms. The maximum absolute atomic E-state index is 13.0. The van der Waals surface area contributed by atoms with Gasteiger partial charge < -0.3 is 5.32 Å². The van der Waals surface area contributed by atoms with E-state index in [4.69, 9.17) is 0 Å². The normalized spacial score (nSPS) is 10.3. The highest BCUT2D eigenvalue weighted by molar-refractivity contribution is 9.10. The second-order valence-electron chi connectivity index (χ2n) is 4.06. The minimum Gasteiger partial charge on any atom is -0.321 e. The zero-order valence-electron chi connectivity index (χ0n) is 10.4. The fourth-order valence-electron chi connectivity index (χ4n) is 1.56. The average Bonchev–Trinajstić information content (AvgIpc) is 2.35. The van der Waals surface area contributed by atoms with E-state index in [0.29, 0.717) is 27.1 Å². The van der Waals surface area contributed by atoms with E-state index in [2.05, 4.69) is 31.4 Å². The molecule has 0 fully saturated rings. The van der Waals surface area contributed by atoms with E-state index in [9.17, 15) is 9.18 Å². The van der Waals surface area contributed by atoms with E-state index in [1.165, 1.54) is 18.2 Å². The molecule has 1 heterocycles. The first kappa shape index (κ1) is 13.6. The van der Waals surface area contributed by atoms with E-state index in [1.54, 1.807) is 19.9 Å². The maximum Gasteiger partial charge on any atom is 0.257 e. The van der Waals surface area contributed by atoms with Crippen LogP contribution in [-0.4, -0.2) is 16.1 Å². The smallest absolute Gasteiger partial charge is 0.257 e. The Kier molecular flexibility index (Phi) is 3.90. The van der Waals surface area contributed by atoms with E-state index in [-0.39, 0.29) is 11.7 Å². The molecule has 0 saturated carbocycles. The molecule has 2 aromatic rings. The van der Waals surface area contributed by atoms with Crippen LogP contribution in [-0.2, 0) is 0 Å². The van der Waals surface area contributed by atoms with Gasteiger partial charge in [-0.05, 0) is 54.0 Å². The number of carbonyl (C=O) groups is 1. The van der Waals surface area contributed by atoms with Crippen LogP contribution in [0.25, 0.3) is 0 Å². The molecule has 0 aliphatic carbocycles. The van der Waals surface area contributed by atoms with E-state index in [1.807, 2.05) is 0 Å². The lowest BCUT2D eigenvalue weighted by atomic mass is 10.2. The van der Waals surface area contributed by atoms with Crippen LogP contribution in [0, 0.1) is 19.7 Å². The summed E-state index contributed by atoms with van der Waals surface area (Å²) in [5.74, 6) is -0.676. The number of aromatic nitrogens is 2. The molecular weight excluding hydrogens is 313 g/mol. The third-order valence-electron chi connectivity index (χ3n) is 2.52. The third kappa shape index (κ3) is 3.14. The summed E-state index contributed by atoms with van der Waals surface area (Å²) in [6.07, 6.45) is 0. The molecule has 0 aliphatic heterocycles. The van der Waals surface area contributed by atoms with Crippen molar-refractivity contribution in [2.75, 3.05) is 5.32 Å². The zero-order chi connectivity index (χ0) is 14.0. The number of nitrogens with zero attached hydrogens (tertiary/aromatic N) is 2. The Bertz CT molecular complexity index is 646. The molecule has 4 nitrogen and oxygen atoms in total. The molecule has 1 N–H and O–H groups in total. The standard InChI is InChI=1S/C13H11BrFN3O/c1-7-5-10(8(2)18-17-7)13(19)16-12-4-3-9(15)6-11(12)14/h3-6H,1-2H3,(H,16,19). The Morgan fingerprint density at radius 2 is 2.00 bits per heavy atom. The van der Waals surface area contributed by atoms with Crippen molar-refractivity contribution in [2.24, 2.45) is 0 Å². The minimum absolute atomic E-state index is 0.303. The molecule has 98 valence electrons. The van der Waals surface area contributed by atoms with Gasteiger partial charge in [0, 0.05) is 4.47 Å². The Balaban J connectivity index is 2.28. The highest BCUT2D eigenvalue weighted by atomic mass is 79.9. The van der Waals surface area contributed by atoms with Gasteiger partial charge in [0.2, 0.25) is 0 Å². The fraction of sp³-hybridized carbons (Fsp3) is 0.154. The lowest BCUT2D eigenvalue weighted by molar-refractivity contribution is 0.102. The summed E-state index contributed by atoms with van der Waals surface area (Å²) in [5.41, 5.74) is 2.15. The molecule has 2 rings (SSSR count). The Morgan fingerprint density at radius 1 is 1.26 bits per heavy atom. The summed E-state index contributed by atoms with van der Waals surface area (Å²) in [5, 5.41) is 10.5. The van der Waals surface area contributed by atoms with Crippen LogP contribution in [0.1, 0.15) is 21.7 Å². The van der Waals surface area contributed by atoms with Crippen molar-refractivity contribution in [3.8, 4) is 0 Å². The predicted octanol–water partition coefficient (Wildman–Crippen LogP) is 3.25. The number of aryl methyl sites for hydroxylation is 2. The lowest BCUT2D eigenvalue weighted by Gasteiger charge is -2.09. The molecule has 19 heavy (non-hydrogen) atoms. The van der Waals surface area contributed by atoms with Gasteiger partial charge in [-0.3, -0.25) is 4.79 Å². The first-order valence-electron chi connectivity index (χ1n) is 5.54. The second kappa shape index (κ2) is 5.44. The summed E-state index contributed by atoms with van der Waals surface area (Å²) < 4.78 is 13.4. The highest BCUT2D eigenvalue weighted by Crippen LogP contribution is 2.23. The molecule has 0 spiro atoms. The summed E-state index contributed by atoms with van der Waals surface area (Å²) in [6.45, 7) is 3.47. The van der Waals surface area contributed by atoms with Crippen molar-refractivity contribution in [3.63, 3.8) is 0 Å². The summed E-state index contributed by atoms with van der Waals surface area (Å²) in [7, 11) is 0. The summed E-state index contributed by atoms with van der Waals surface area (Å²) >= 11 is 3.20. The van der Waals surface area contributed by atoms with Crippen molar-refractivity contribution >= 4 is 27.5 Å². The largest absolute Gasteiger partial charge is 0.321 e. The molecule has 0 saturated heterocycles. The minimum atomic E-state index is -0.373. The van der Waals surface area contributed by atoms with Crippen LogP contribution in [0.15, 0.2) is 28.7 Å². The van der Waals surface area contributed by atoms with Crippen LogP contribution < -0.4 is 5.32 Å². The Labute approximate surface area is 118 Å². The number of halogens is 2. The molecule has 0 atom stereocenters. The maximum atomic E-state index is 13.0. The molecule has 0 radical (unpaired) electrons. The van der Waals surface area contributed by atoms with Crippen molar-refractivity contribution in [3.05, 3.63) is 51.5 Å². The average molecular weight is 324 g/mol. The van der Waals surface area contributed by atoms with Crippen molar-refractivity contribution in [1.29, 1.82) is 0 Å². The van der Waals surface area contributed by atoms with Gasteiger partial charge in [0.15, 0.2) is 0 Å². The Hall–Kier alpha value is -1.82. The number of amides is 1. The van der Waals surface area contributed by atoms with Gasteiger partial charge in [-0.15, -0.1) is 0 Å². The predicted molar refractivity (Wildman–Crippen MR) is 73.6 cm³/mol. The number of benzene rings is 1. The van der Waals surface area contributed by atoms with Crippen LogP contribution >= 0.6 is 15.9 Å². The zero-order valence-corrected chi connectivity index (χ0v) is 12.0. The molecule has 1 aromatic heterocycles. The topological polar surface area (TPSA) is 54.9 Å². The van der Waals surface area contributed by atoms with Crippen molar-refractivity contribution in [1.82, 2.24) is 10.2 Å². The first-order chi connectivity index (χ1) is 8.97. The monoisotopic (exact) mass is 323 g/mol. The number of rotatable bonds is 2. The Morgan fingerprint density at radius 3 is 2.68 bits per heavy atom. The second-order valence-corrected chi connectivity index (χ2v) is 4.92. The molecule has 1 amide bonds. The quantitative estimate of drug-likeness (QED) is 0.923. The number of hydrogen-bond acceptors (Lipinski definition) is 3. The number of carbonyl (C=O) groups excluding carboxylic acids is 1. The van der Waals surface area contributed by atoms with Crippen molar-refractivity contribution < 1.29 is 9.18 Å². The summed E-state index contributed by atoms with van der Waals surface area (Å²) in [6, 6.07) is 5.73.